The van der Waals surface area contributed by atoms with Crippen LogP contribution >= 0.6 is 0 Å². The number of ether oxygens (including phenoxy) is 2. The first-order valence-corrected chi connectivity index (χ1v) is 11.4. The summed E-state index contributed by atoms with van der Waals surface area (Å²) in [5, 5.41) is 4.03. The van der Waals surface area contributed by atoms with Gasteiger partial charge >= 0.3 is 0 Å². The number of nitrogens with one attached hydrogen (secondary N) is 1. The lowest BCUT2D eigenvalue weighted by molar-refractivity contribution is -0.120. The molecule has 8 nitrogen and oxygen atoms in total. The summed E-state index contributed by atoms with van der Waals surface area (Å²) < 4.78 is 44.3. The van der Waals surface area contributed by atoms with Gasteiger partial charge in [-0.3, -0.25) is 9.35 Å². The molecule has 9 heteroatoms. The second-order valence-corrected chi connectivity index (χ2v) is 8.61. The highest BCUT2D eigenvalue weighted by Crippen LogP contribution is 2.37. The smallest absolute Gasteiger partial charge is 0.295 e. The third kappa shape index (κ3) is 5.97. The maximum absolute atomic E-state index is 12.3. The van der Waals surface area contributed by atoms with Crippen LogP contribution in [-0.4, -0.2) is 39.3 Å². The van der Waals surface area contributed by atoms with Gasteiger partial charge in [0.05, 0.1) is 26.9 Å². The molecule has 0 aliphatic rings. The lowest BCUT2D eigenvalue weighted by Crippen LogP contribution is -2.19. The first-order chi connectivity index (χ1) is 15.7. The maximum Gasteiger partial charge on any atom is 0.295 e. The molecule has 3 rings (SSSR count). The molecule has 0 saturated heterocycles. The van der Waals surface area contributed by atoms with Crippen molar-refractivity contribution in [1.82, 2.24) is 5.43 Å². The van der Waals surface area contributed by atoms with Crippen molar-refractivity contribution >= 4 is 22.2 Å². The standard InChI is InChI=1S/C24H24N2O6S/c1-16-10-11-22(33(28,29)30)20(12-16)24-18(7-5-9-21(24)32-3)15-25-26-23(27)14-17-6-4-8-19(13-17)31-2/h4-13,15H,14H2,1-3H3,(H,26,27)(H,28,29,30). The minimum atomic E-state index is -4.49. The van der Waals surface area contributed by atoms with Gasteiger partial charge < -0.3 is 9.47 Å². The Balaban J connectivity index is 1.92. The fourth-order valence-corrected chi connectivity index (χ4v) is 4.04. The molecule has 0 aromatic heterocycles. The van der Waals surface area contributed by atoms with Crippen LogP contribution in [0.3, 0.4) is 0 Å². The van der Waals surface area contributed by atoms with Gasteiger partial charge in [-0.2, -0.15) is 13.5 Å². The number of aryl methyl sites for hydroxylation is 1. The zero-order valence-electron chi connectivity index (χ0n) is 18.4. The number of hydrogen-bond donors (Lipinski definition) is 2. The lowest BCUT2D eigenvalue weighted by atomic mass is 9.97. The van der Waals surface area contributed by atoms with Gasteiger partial charge in [-0.15, -0.1) is 0 Å². The number of carbonyl (C=O) groups excluding carboxylic acids is 1. The third-order valence-electron chi connectivity index (χ3n) is 4.85. The Morgan fingerprint density at radius 1 is 1.06 bits per heavy atom. The van der Waals surface area contributed by atoms with Gasteiger partial charge in [0.1, 0.15) is 16.4 Å². The summed E-state index contributed by atoms with van der Waals surface area (Å²) >= 11 is 0. The molecule has 0 heterocycles. The van der Waals surface area contributed by atoms with Crippen LogP contribution in [0.1, 0.15) is 16.7 Å². The molecular formula is C24H24N2O6S. The average molecular weight is 469 g/mol. The minimum absolute atomic E-state index is 0.101. The molecule has 0 radical (unpaired) electrons. The van der Waals surface area contributed by atoms with Crippen LogP contribution in [0.5, 0.6) is 11.5 Å². The number of benzene rings is 3. The maximum atomic E-state index is 12.3. The molecule has 0 saturated carbocycles. The van der Waals surface area contributed by atoms with Gasteiger partial charge in [0.2, 0.25) is 5.91 Å². The van der Waals surface area contributed by atoms with Gasteiger partial charge in [-0.25, -0.2) is 5.43 Å². The number of rotatable bonds is 8. The van der Waals surface area contributed by atoms with Crippen molar-refractivity contribution in [3.8, 4) is 22.6 Å². The zero-order chi connectivity index (χ0) is 24.0. The topological polar surface area (TPSA) is 114 Å². The molecular weight excluding hydrogens is 444 g/mol. The number of amides is 1. The van der Waals surface area contributed by atoms with Gasteiger partial charge in [0.25, 0.3) is 10.1 Å². The van der Waals surface area contributed by atoms with Crippen molar-refractivity contribution in [3.05, 3.63) is 77.4 Å². The third-order valence-corrected chi connectivity index (χ3v) is 5.76. The van der Waals surface area contributed by atoms with Crippen LogP contribution in [0.2, 0.25) is 0 Å². The number of carbonyl (C=O) groups is 1. The van der Waals surface area contributed by atoms with Gasteiger partial charge in [0.15, 0.2) is 0 Å². The molecule has 172 valence electrons. The van der Waals surface area contributed by atoms with E-state index in [-0.39, 0.29) is 22.8 Å². The summed E-state index contributed by atoms with van der Waals surface area (Å²) in [5.74, 6) is 0.702. The number of hydrazone groups is 1. The van der Waals surface area contributed by atoms with Crippen LogP contribution < -0.4 is 14.9 Å². The quantitative estimate of drug-likeness (QED) is 0.297. The molecule has 0 spiro atoms. The fraction of sp³-hybridized carbons (Fsp3) is 0.167. The minimum Gasteiger partial charge on any atom is -0.497 e. The van der Waals surface area contributed by atoms with Crippen LogP contribution in [0.25, 0.3) is 11.1 Å². The van der Waals surface area contributed by atoms with E-state index in [2.05, 4.69) is 10.5 Å². The molecule has 33 heavy (non-hydrogen) atoms. The average Bonchev–Trinajstić information content (AvgIpc) is 2.78. The number of hydrogen-bond acceptors (Lipinski definition) is 6. The van der Waals surface area contributed by atoms with E-state index >= 15 is 0 Å². The van der Waals surface area contributed by atoms with E-state index in [0.717, 1.165) is 11.1 Å². The van der Waals surface area contributed by atoms with Crippen molar-refractivity contribution < 1.29 is 27.2 Å². The zero-order valence-corrected chi connectivity index (χ0v) is 19.2. The summed E-state index contributed by atoms with van der Waals surface area (Å²) in [6.45, 7) is 1.80. The second kappa shape index (κ2) is 10.3. The molecule has 0 unspecified atom stereocenters. The largest absolute Gasteiger partial charge is 0.497 e. The molecule has 3 aromatic carbocycles. The highest BCUT2D eigenvalue weighted by Gasteiger charge is 2.21. The monoisotopic (exact) mass is 468 g/mol. The Morgan fingerprint density at radius 3 is 2.52 bits per heavy atom. The number of nitrogens with zero attached hydrogens (tertiary/aromatic N) is 1. The Morgan fingerprint density at radius 2 is 1.82 bits per heavy atom. The van der Waals surface area contributed by atoms with Crippen molar-refractivity contribution in [3.63, 3.8) is 0 Å². The van der Waals surface area contributed by atoms with E-state index in [0.29, 0.717) is 22.6 Å². The normalized spacial score (nSPS) is 11.4. The molecule has 0 fully saturated rings. The van der Waals surface area contributed by atoms with Crippen molar-refractivity contribution in [2.75, 3.05) is 14.2 Å². The summed E-state index contributed by atoms with van der Waals surface area (Å²) in [6.07, 6.45) is 1.50. The Labute approximate surface area is 192 Å². The Bertz CT molecular complexity index is 1300. The summed E-state index contributed by atoms with van der Waals surface area (Å²) in [5.41, 5.74) is 5.20. The summed E-state index contributed by atoms with van der Waals surface area (Å²) in [6, 6.07) is 16.8. The Kier molecular flexibility index (Phi) is 7.47. The highest BCUT2D eigenvalue weighted by molar-refractivity contribution is 7.86. The molecule has 0 bridgehead atoms. The molecule has 0 aliphatic carbocycles. The van der Waals surface area contributed by atoms with Crippen molar-refractivity contribution in [1.29, 1.82) is 0 Å². The van der Waals surface area contributed by atoms with E-state index < -0.39 is 10.1 Å². The van der Waals surface area contributed by atoms with Gasteiger partial charge in [-0.1, -0.05) is 35.9 Å². The van der Waals surface area contributed by atoms with E-state index in [1.54, 1.807) is 68.6 Å². The van der Waals surface area contributed by atoms with Crippen LogP contribution in [0.4, 0.5) is 0 Å². The summed E-state index contributed by atoms with van der Waals surface area (Å²) in [4.78, 5) is 12.1. The predicted octanol–water partition coefficient (Wildman–Crippen LogP) is 3.62. The fourth-order valence-electron chi connectivity index (χ4n) is 3.36. The Hall–Kier alpha value is -3.69. The summed E-state index contributed by atoms with van der Waals surface area (Å²) in [7, 11) is -1.49. The molecule has 1 amide bonds. The molecule has 2 N–H and O–H groups in total. The van der Waals surface area contributed by atoms with Gasteiger partial charge in [-0.05, 0) is 42.8 Å². The van der Waals surface area contributed by atoms with E-state index in [4.69, 9.17) is 9.47 Å². The van der Waals surface area contributed by atoms with Crippen LogP contribution in [-0.2, 0) is 21.3 Å². The SMILES string of the molecule is COc1cccc(CC(=O)NN=Cc2cccc(OC)c2-c2cc(C)ccc2S(=O)(=O)O)c1. The molecule has 3 aromatic rings. The van der Waals surface area contributed by atoms with Gasteiger partial charge in [0, 0.05) is 16.7 Å². The first kappa shape index (κ1) is 24.0. The second-order valence-electron chi connectivity index (χ2n) is 7.22. The predicted molar refractivity (Wildman–Crippen MR) is 125 cm³/mol. The van der Waals surface area contributed by atoms with Crippen LogP contribution in [0.15, 0.2) is 70.7 Å². The van der Waals surface area contributed by atoms with Crippen LogP contribution in [0, 0.1) is 6.92 Å². The first-order valence-electron chi connectivity index (χ1n) is 9.93. The molecule has 0 aliphatic heterocycles. The van der Waals surface area contributed by atoms with Crippen molar-refractivity contribution in [2.45, 2.75) is 18.2 Å². The van der Waals surface area contributed by atoms with E-state index in [1.165, 1.54) is 19.4 Å². The lowest BCUT2D eigenvalue weighted by Gasteiger charge is -2.15. The van der Waals surface area contributed by atoms with Crippen molar-refractivity contribution in [2.24, 2.45) is 5.10 Å². The van der Waals surface area contributed by atoms with E-state index in [9.17, 15) is 17.8 Å². The van der Waals surface area contributed by atoms with E-state index in [1.807, 2.05) is 0 Å². The molecule has 0 atom stereocenters. The number of methoxy groups -OCH3 is 2. The highest BCUT2D eigenvalue weighted by atomic mass is 32.2.